The van der Waals surface area contributed by atoms with E-state index in [9.17, 15) is 0 Å². The third-order valence-electron chi connectivity index (χ3n) is 15.7. The van der Waals surface area contributed by atoms with Gasteiger partial charge in [-0.15, -0.1) is 53.1 Å². The Morgan fingerprint density at radius 1 is 0.657 bits per heavy atom. The van der Waals surface area contributed by atoms with Crippen LogP contribution in [0.1, 0.15) is 137 Å². The zero-order valence-electron chi connectivity index (χ0n) is 42.3. The Kier molecular flexibility index (Phi) is 11.3. The molecule has 1 aliphatic heterocycles. The second-order valence-electron chi connectivity index (χ2n) is 21.4. The molecule has 0 N–H and O–H groups in total. The van der Waals surface area contributed by atoms with Crippen molar-refractivity contribution in [2.75, 3.05) is 4.90 Å². The van der Waals surface area contributed by atoms with Crippen LogP contribution in [0.2, 0.25) is 0 Å². The molecule has 4 nitrogen and oxygen atoms in total. The summed E-state index contributed by atoms with van der Waals surface area (Å²) in [5.41, 5.74) is 27.5. The van der Waals surface area contributed by atoms with Crippen molar-refractivity contribution >= 4 is 33.3 Å². The molecule has 0 spiro atoms. The van der Waals surface area contributed by atoms with E-state index in [1.54, 1.807) is 0 Å². The molecular weight excluding hydrogens is 996 g/mol. The van der Waals surface area contributed by atoms with E-state index in [1.165, 1.54) is 100 Å². The van der Waals surface area contributed by atoms with Crippen LogP contribution in [0.5, 0.6) is 0 Å². The zero-order chi connectivity index (χ0) is 47.0. The molecule has 0 radical (unpaired) electrons. The number of nitrogens with zero attached hydrogens (tertiary/aromatic N) is 4. The fourth-order valence-electron chi connectivity index (χ4n) is 11.1. The average Bonchev–Trinajstić information content (AvgIpc) is 3.77. The van der Waals surface area contributed by atoms with E-state index < -0.39 is 5.54 Å². The summed E-state index contributed by atoms with van der Waals surface area (Å²) in [7, 11) is 0. The Morgan fingerprint density at radius 3 is 2.03 bits per heavy atom. The van der Waals surface area contributed by atoms with Crippen LogP contribution in [0.3, 0.4) is 0 Å². The predicted octanol–water partition coefficient (Wildman–Crippen LogP) is 15.9. The molecule has 2 atom stereocenters. The van der Waals surface area contributed by atoms with Crippen LogP contribution in [-0.4, -0.2) is 15.4 Å². The largest absolute Gasteiger partial charge is 2.00 e. The number of anilines is 1. The van der Waals surface area contributed by atoms with E-state index in [4.69, 9.17) is 9.98 Å². The van der Waals surface area contributed by atoms with E-state index in [-0.39, 0.29) is 38.4 Å². The Bertz CT molecular complexity index is 3380. The standard InChI is InChI=1S/C62H64N4.Pt/c1-33(2)45-28-46(30-48(29-45)65-55-20-17-34(3)23-50(55)49-19-18-44(31-56(49)65)54-32-47(21-22-63-54)61(13,14)15)60-64-59-52-26-36(5)35(4)25-51(52)57-43(12)40(9)39(8)27-53(57)62(59,16)66(60)58-41(10)37(6)24-38(7)42(58)11;/h17-29,32-33,59H,1-16H3;/q-2;+2/t59-,62+;/m1./s1. The van der Waals surface area contributed by atoms with Crippen LogP contribution in [0.25, 0.3) is 49.9 Å². The fraction of sp³-hybridized carbons (Fsp3) is 0.323. The minimum Gasteiger partial charge on any atom is -0.354 e. The Balaban J connectivity index is 0.00000562. The normalized spacial score (nSPS) is 16.6. The van der Waals surface area contributed by atoms with Gasteiger partial charge in [-0.1, -0.05) is 88.0 Å². The molecule has 0 amide bonds. The van der Waals surface area contributed by atoms with E-state index in [1.807, 2.05) is 6.20 Å². The fourth-order valence-corrected chi connectivity index (χ4v) is 11.1. The van der Waals surface area contributed by atoms with Gasteiger partial charge in [0.15, 0.2) is 0 Å². The summed E-state index contributed by atoms with van der Waals surface area (Å²) < 4.78 is 2.39. The number of fused-ring (bicyclic) bond motifs is 9. The molecule has 5 heteroatoms. The molecule has 10 rings (SSSR count). The first-order valence-electron chi connectivity index (χ1n) is 23.9. The van der Waals surface area contributed by atoms with Gasteiger partial charge in [-0.05, 0) is 200 Å². The number of aryl methyl sites for hydroxylation is 6. The number of amidine groups is 1. The molecule has 3 heterocycles. The number of pyridine rings is 1. The van der Waals surface area contributed by atoms with Crippen molar-refractivity contribution < 1.29 is 21.1 Å². The summed E-state index contributed by atoms with van der Waals surface area (Å²) in [6.07, 6.45) is 1.94. The molecule has 342 valence electrons. The first-order valence-corrected chi connectivity index (χ1v) is 23.9. The predicted molar refractivity (Wildman–Crippen MR) is 279 cm³/mol. The zero-order valence-corrected chi connectivity index (χ0v) is 44.6. The number of rotatable bonds is 5. The summed E-state index contributed by atoms with van der Waals surface area (Å²) in [5, 5.41) is 2.36. The summed E-state index contributed by atoms with van der Waals surface area (Å²) in [4.78, 5) is 13.6. The monoisotopic (exact) mass is 1060 g/mol. The van der Waals surface area contributed by atoms with Crippen LogP contribution in [0.4, 0.5) is 5.69 Å². The maximum atomic E-state index is 6.07. The molecule has 0 saturated carbocycles. The third-order valence-corrected chi connectivity index (χ3v) is 15.7. The summed E-state index contributed by atoms with van der Waals surface area (Å²) in [5.74, 6) is 1.20. The van der Waals surface area contributed by atoms with Gasteiger partial charge >= 0.3 is 21.1 Å². The molecule has 8 aromatic rings. The van der Waals surface area contributed by atoms with Gasteiger partial charge in [0.25, 0.3) is 0 Å². The van der Waals surface area contributed by atoms with Crippen LogP contribution in [-0.2, 0) is 32.0 Å². The van der Waals surface area contributed by atoms with E-state index >= 15 is 0 Å². The molecule has 0 fully saturated rings. The number of benzene rings is 6. The molecule has 2 aromatic heterocycles. The molecule has 0 bridgehead atoms. The average molecular weight is 1060 g/mol. The van der Waals surface area contributed by atoms with Crippen LogP contribution < -0.4 is 4.90 Å². The topological polar surface area (TPSA) is 33.4 Å². The van der Waals surface area contributed by atoms with Gasteiger partial charge < -0.3 is 19.4 Å². The maximum absolute atomic E-state index is 6.07. The van der Waals surface area contributed by atoms with Crippen molar-refractivity contribution in [1.82, 2.24) is 9.55 Å². The quantitative estimate of drug-likeness (QED) is 0.161. The molecule has 6 aromatic carbocycles. The van der Waals surface area contributed by atoms with E-state index in [2.05, 4.69) is 211 Å². The molecule has 67 heavy (non-hydrogen) atoms. The number of hydrogen-bond acceptors (Lipinski definition) is 3. The third kappa shape index (κ3) is 7.10. The molecule has 0 saturated heterocycles. The van der Waals surface area contributed by atoms with Gasteiger partial charge in [0, 0.05) is 17.4 Å². The molecule has 0 unspecified atom stereocenters. The smallest absolute Gasteiger partial charge is 0.354 e. The van der Waals surface area contributed by atoms with Crippen LogP contribution in [0, 0.1) is 81.4 Å². The Morgan fingerprint density at radius 2 is 1.34 bits per heavy atom. The number of aliphatic imine (C=N–C) groups is 1. The minimum atomic E-state index is -0.554. The molecular formula is C62H64N4Pt. The van der Waals surface area contributed by atoms with E-state index in [0.29, 0.717) is 0 Å². The second-order valence-corrected chi connectivity index (χ2v) is 21.4. The van der Waals surface area contributed by atoms with Gasteiger partial charge in [0.05, 0.1) is 17.4 Å². The van der Waals surface area contributed by atoms with Crippen molar-refractivity contribution in [2.45, 2.75) is 134 Å². The van der Waals surface area contributed by atoms with E-state index in [0.717, 1.165) is 44.8 Å². The SMILES string of the molecule is Cc1ccc2c(c1)c1ccc(-c3cc(C(C)(C)C)ccn3)[c-]c1n2-c1[c-]c(C2=N[C@@H]3c4cc(C)c(C)cc4-c4c(cc(C)c(C)c4C)[C@]3(C)N2c2c(C)c(C)cc(C)c2C)cc(C(C)C)c1.[Pt+2]. The van der Waals surface area contributed by atoms with Gasteiger partial charge in [-0.25, -0.2) is 0 Å². The van der Waals surface area contributed by atoms with Crippen molar-refractivity contribution in [3.63, 3.8) is 0 Å². The first kappa shape index (κ1) is 46.5. The van der Waals surface area contributed by atoms with Gasteiger partial charge in [-0.3, -0.25) is 0 Å². The van der Waals surface area contributed by atoms with Crippen LogP contribution in [0.15, 0.2) is 90.1 Å². The number of aromatic nitrogens is 2. The van der Waals surface area contributed by atoms with Crippen LogP contribution >= 0.6 is 0 Å². The Hall–Kier alpha value is -5.57. The maximum Gasteiger partial charge on any atom is 2.00 e. The summed E-state index contributed by atoms with van der Waals surface area (Å²) in [6.45, 7) is 36.6. The molecule has 2 aliphatic rings. The molecule has 1 aliphatic carbocycles. The summed E-state index contributed by atoms with van der Waals surface area (Å²) >= 11 is 0. The van der Waals surface area contributed by atoms with Gasteiger partial charge in [0.2, 0.25) is 0 Å². The van der Waals surface area contributed by atoms with Crippen molar-refractivity contribution in [2.24, 2.45) is 4.99 Å². The van der Waals surface area contributed by atoms with Gasteiger partial charge in [0.1, 0.15) is 0 Å². The second kappa shape index (κ2) is 16.3. The van der Waals surface area contributed by atoms with Gasteiger partial charge in [-0.2, -0.15) is 0 Å². The number of hydrogen-bond donors (Lipinski definition) is 0. The Labute approximate surface area is 413 Å². The van der Waals surface area contributed by atoms with Crippen molar-refractivity contribution in [1.29, 1.82) is 0 Å². The summed E-state index contributed by atoms with van der Waals surface area (Å²) in [6, 6.07) is 37.9. The first-order chi connectivity index (χ1) is 31.2. The van der Waals surface area contributed by atoms with Crippen molar-refractivity contribution in [3.8, 4) is 28.1 Å². The minimum absolute atomic E-state index is 0. The van der Waals surface area contributed by atoms with Crippen molar-refractivity contribution in [3.05, 3.63) is 181 Å².